The highest BCUT2D eigenvalue weighted by Crippen LogP contribution is 2.39. The normalized spacial score (nSPS) is 24.9. The Hall–Kier alpha value is -1.85. The fraction of sp³-hybridized carbons (Fsp3) is 0.667. The number of hydrogen-bond donors (Lipinski definition) is 0. The second-order valence-electron chi connectivity index (χ2n) is 5.79. The number of carbonyl (C=O) groups excluding carboxylic acids is 1. The number of aromatic nitrogens is 2. The Labute approximate surface area is 125 Å². The second kappa shape index (κ2) is 5.87. The van der Waals surface area contributed by atoms with Gasteiger partial charge in [0.1, 0.15) is 0 Å². The first-order valence-corrected chi connectivity index (χ1v) is 7.69. The molecule has 2 fully saturated rings. The molecule has 2 heterocycles. The van der Waals surface area contributed by atoms with Gasteiger partial charge in [0.05, 0.1) is 6.61 Å². The Bertz CT molecular complexity index is 497. The van der Waals surface area contributed by atoms with Gasteiger partial charge in [0, 0.05) is 38.2 Å². The molecule has 1 aliphatic heterocycles. The zero-order valence-corrected chi connectivity index (χ0v) is 12.7. The molecule has 1 saturated heterocycles. The van der Waals surface area contributed by atoms with Crippen molar-refractivity contribution in [3.63, 3.8) is 0 Å². The van der Waals surface area contributed by atoms with Crippen molar-refractivity contribution in [1.29, 1.82) is 0 Å². The van der Waals surface area contributed by atoms with E-state index in [1.54, 1.807) is 0 Å². The van der Waals surface area contributed by atoms with Crippen molar-refractivity contribution in [2.75, 3.05) is 37.7 Å². The highest BCUT2D eigenvalue weighted by atomic mass is 16.5. The first-order chi connectivity index (χ1) is 10.2. The zero-order chi connectivity index (χ0) is 14.8. The molecule has 1 saturated carbocycles. The fourth-order valence-corrected chi connectivity index (χ4v) is 2.76. The molecule has 2 atom stereocenters. The zero-order valence-electron chi connectivity index (χ0n) is 12.7. The maximum Gasteiger partial charge on any atom is 0.233 e. The smallest absolute Gasteiger partial charge is 0.233 e. The third-order valence-electron chi connectivity index (χ3n) is 4.26. The van der Waals surface area contributed by atoms with Gasteiger partial charge in [-0.1, -0.05) is 6.92 Å². The molecular formula is C15H22N4O2. The van der Waals surface area contributed by atoms with Gasteiger partial charge in [-0.05, 0) is 25.3 Å². The van der Waals surface area contributed by atoms with Crippen molar-refractivity contribution in [3.8, 4) is 5.88 Å². The van der Waals surface area contributed by atoms with Crippen LogP contribution < -0.4 is 9.64 Å². The summed E-state index contributed by atoms with van der Waals surface area (Å²) in [7, 11) is 0. The van der Waals surface area contributed by atoms with Crippen molar-refractivity contribution in [2.24, 2.45) is 11.8 Å². The standard InChI is InChI=1S/C15H22N4O2/c1-3-21-14-5-4-13(16-17-14)18-6-8-19(9-7-18)15(20)12-10-11(12)2/h4-5,11-12H,3,6-10H2,1-2H3/t11-,12+/m1/s1. The lowest BCUT2D eigenvalue weighted by molar-refractivity contribution is -0.133. The lowest BCUT2D eigenvalue weighted by Gasteiger charge is -2.35. The predicted octanol–water partition coefficient (Wildman–Crippen LogP) is 1.18. The Balaban J connectivity index is 1.54. The summed E-state index contributed by atoms with van der Waals surface area (Å²) in [6.45, 7) is 7.84. The lowest BCUT2D eigenvalue weighted by Crippen LogP contribution is -2.49. The summed E-state index contributed by atoms with van der Waals surface area (Å²) in [6.07, 6.45) is 1.06. The third-order valence-corrected chi connectivity index (χ3v) is 4.26. The summed E-state index contributed by atoms with van der Waals surface area (Å²) in [5, 5.41) is 8.25. The van der Waals surface area contributed by atoms with Gasteiger partial charge in [0.25, 0.3) is 0 Å². The van der Waals surface area contributed by atoms with E-state index in [1.165, 1.54) is 0 Å². The molecule has 6 nitrogen and oxygen atoms in total. The van der Waals surface area contributed by atoms with Crippen LogP contribution in [0.15, 0.2) is 12.1 Å². The van der Waals surface area contributed by atoms with Crippen molar-refractivity contribution >= 4 is 11.7 Å². The molecule has 1 aromatic heterocycles. The fourth-order valence-electron chi connectivity index (χ4n) is 2.76. The Morgan fingerprint density at radius 2 is 2.00 bits per heavy atom. The maximum absolute atomic E-state index is 12.2. The summed E-state index contributed by atoms with van der Waals surface area (Å²) >= 11 is 0. The van der Waals surface area contributed by atoms with Gasteiger partial charge in [0.15, 0.2) is 5.82 Å². The van der Waals surface area contributed by atoms with E-state index < -0.39 is 0 Å². The number of hydrogen-bond acceptors (Lipinski definition) is 5. The Morgan fingerprint density at radius 3 is 2.52 bits per heavy atom. The number of carbonyl (C=O) groups is 1. The van der Waals surface area contributed by atoms with Crippen molar-refractivity contribution in [2.45, 2.75) is 20.3 Å². The molecule has 114 valence electrons. The van der Waals surface area contributed by atoms with Crippen LogP contribution in [0.5, 0.6) is 5.88 Å². The molecule has 0 unspecified atom stereocenters. The molecule has 0 aromatic carbocycles. The largest absolute Gasteiger partial charge is 0.477 e. The minimum atomic E-state index is 0.279. The average Bonchev–Trinajstić information content (AvgIpc) is 3.25. The molecule has 0 bridgehead atoms. The Kier molecular flexibility index (Phi) is 3.94. The molecule has 0 N–H and O–H groups in total. The van der Waals surface area contributed by atoms with Gasteiger partial charge in [0.2, 0.25) is 11.8 Å². The average molecular weight is 290 g/mol. The van der Waals surface area contributed by atoms with Crippen LogP contribution in [0, 0.1) is 11.8 Å². The maximum atomic E-state index is 12.2. The highest BCUT2D eigenvalue weighted by molar-refractivity contribution is 5.81. The molecule has 1 aromatic rings. The number of anilines is 1. The van der Waals surface area contributed by atoms with E-state index >= 15 is 0 Å². The first kappa shape index (κ1) is 14.1. The van der Waals surface area contributed by atoms with Crippen LogP contribution in [0.4, 0.5) is 5.82 Å². The highest BCUT2D eigenvalue weighted by Gasteiger charge is 2.41. The van der Waals surface area contributed by atoms with Gasteiger partial charge < -0.3 is 14.5 Å². The van der Waals surface area contributed by atoms with Gasteiger partial charge in [-0.3, -0.25) is 4.79 Å². The van der Waals surface area contributed by atoms with Crippen LogP contribution in [0.25, 0.3) is 0 Å². The van der Waals surface area contributed by atoms with Gasteiger partial charge in [-0.2, -0.15) is 0 Å². The molecule has 21 heavy (non-hydrogen) atoms. The van der Waals surface area contributed by atoms with Crippen molar-refractivity contribution < 1.29 is 9.53 Å². The number of rotatable bonds is 4. The van der Waals surface area contributed by atoms with Gasteiger partial charge >= 0.3 is 0 Å². The predicted molar refractivity (Wildman–Crippen MR) is 79.3 cm³/mol. The van der Waals surface area contributed by atoms with Crippen LogP contribution in [-0.2, 0) is 4.79 Å². The quantitative estimate of drug-likeness (QED) is 0.833. The number of nitrogens with zero attached hydrogens (tertiary/aromatic N) is 4. The van der Waals surface area contributed by atoms with Gasteiger partial charge in [-0.25, -0.2) is 0 Å². The van der Waals surface area contributed by atoms with E-state index in [1.807, 2.05) is 24.0 Å². The molecule has 1 aliphatic carbocycles. The molecule has 6 heteroatoms. The minimum absolute atomic E-state index is 0.279. The molecule has 0 spiro atoms. The topological polar surface area (TPSA) is 58.6 Å². The Morgan fingerprint density at radius 1 is 1.29 bits per heavy atom. The summed E-state index contributed by atoms with van der Waals surface area (Å²) in [4.78, 5) is 16.4. The molecule has 1 amide bonds. The van der Waals surface area contributed by atoms with E-state index in [4.69, 9.17) is 4.74 Å². The van der Waals surface area contributed by atoms with E-state index in [0.29, 0.717) is 24.3 Å². The van der Waals surface area contributed by atoms with E-state index in [9.17, 15) is 4.79 Å². The number of piperazine rings is 1. The summed E-state index contributed by atoms with van der Waals surface area (Å²) in [5.41, 5.74) is 0. The van der Waals surface area contributed by atoms with Crippen molar-refractivity contribution in [1.82, 2.24) is 15.1 Å². The second-order valence-corrected chi connectivity index (χ2v) is 5.79. The molecular weight excluding hydrogens is 268 g/mol. The van der Waals surface area contributed by atoms with E-state index in [0.717, 1.165) is 38.4 Å². The van der Waals surface area contributed by atoms with Crippen LogP contribution in [0.3, 0.4) is 0 Å². The summed E-state index contributed by atoms with van der Waals surface area (Å²) in [6, 6.07) is 3.77. The lowest BCUT2D eigenvalue weighted by atomic mass is 10.2. The minimum Gasteiger partial charge on any atom is -0.477 e. The first-order valence-electron chi connectivity index (χ1n) is 7.69. The van der Waals surface area contributed by atoms with Crippen LogP contribution >= 0.6 is 0 Å². The summed E-state index contributed by atoms with van der Waals surface area (Å²) in [5.74, 6) is 2.59. The number of ether oxygens (including phenoxy) is 1. The van der Waals surface area contributed by atoms with Crippen LogP contribution in [0.1, 0.15) is 20.3 Å². The third kappa shape index (κ3) is 3.09. The van der Waals surface area contributed by atoms with Crippen LogP contribution in [0.2, 0.25) is 0 Å². The van der Waals surface area contributed by atoms with Crippen molar-refractivity contribution in [3.05, 3.63) is 12.1 Å². The molecule has 2 aliphatic rings. The van der Waals surface area contributed by atoms with Crippen LogP contribution in [-0.4, -0.2) is 53.8 Å². The molecule has 3 rings (SSSR count). The van der Waals surface area contributed by atoms with Gasteiger partial charge in [-0.15, -0.1) is 10.2 Å². The monoisotopic (exact) mass is 290 g/mol. The van der Waals surface area contributed by atoms with E-state index in [-0.39, 0.29) is 5.92 Å². The summed E-state index contributed by atoms with van der Waals surface area (Å²) < 4.78 is 5.29. The number of amides is 1. The molecule has 0 radical (unpaired) electrons. The SMILES string of the molecule is CCOc1ccc(N2CCN(C(=O)[C@H]3C[C@H]3C)CC2)nn1. The van der Waals surface area contributed by atoms with E-state index in [2.05, 4.69) is 22.0 Å².